The van der Waals surface area contributed by atoms with Crippen molar-refractivity contribution < 1.29 is 4.42 Å². The summed E-state index contributed by atoms with van der Waals surface area (Å²) in [4.78, 5) is 2.43. The van der Waals surface area contributed by atoms with Gasteiger partial charge in [-0.15, -0.1) is 0 Å². The van der Waals surface area contributed by atoms with Crippen molar-refractivity contribution in [2.45, 2.75) is 19.0 Å². The van der Waals surface area contributed by atoms with Gasteiger partial charge in [0.2, 0.25) is 0 Å². The zero-order valence-electron chi connectivity index (χ0n) is 10.4. The molecule has 0 saturated carbocycles. The molecule has 0 radical (unpaired) electrons. The van der Waals surface area contributed by atoms with Gasteiger partial charge in [0.05, 0.1) is 12.3 Å². The number of likely N-dealkylation sites (tertiary alicyclic amines) is 1. The number of furan rings is 1. The first-order valence-electron chi connectivity index (χ1n) is 6.31. The number of rotatable bonds is 3. The van der Waals surface area contributed by atoms with Crippen LogP contribution in [-0.2, 0) is 6.54 Å². The highest BCUT2D eigenvalue weighted by Crippen LogP contribution is 2.35. The molecule has 1 aromatic heterocycles. The Hall–Kier alpha value is -1.80. The summed E-state index contributed by atoms with van der Waals surface area (Å²) in [6.45, 7) is 6.03. The lowest BCUT2D eigenvalue weighted by Gasteiger charge is -2.22. The van der Waals surface area contributed by atoms with Crippen molar-refractivity contribution in [1.82, 2.24) is 4.90 Å². The summed E-state index contributed by atoms with van der Waals surface area (Å²) in [5.74, 6) is 1.05. The molecule has 0 amide bonds. The van der Waals surface area contributed by atoms with E-state index in [2.05, 4.69) is 47.9 Å². The summed E-state index contributed by atoms with van der Waals surface area (Å²) >= 11 is 0. The van der Waals surface area contributed by atoms with Crippen molar-refractivity contribution in [3.63, 3.8) is 0 Å². The van der Waals surface area contributed by atoms with Gasteiger partial charge >= 0.3 is 0 Å². The lowest BCUT2D eigenvalue weighted by atomic mass is 10.1. The van der Waals surface area contributed by atoms with E-state index in [-0.39, 0.29) is 0 Å². The predicted molar refractivity (Wildman–Crippen MR) is 72.1 cm³/mol. The molecule has 2 nitrogen and oxygen atoms in total. The second-order valence-electron chi connectivity index (χ2n) is 4.88. The van der Waals surface area contributed by atoms with E-state index in [9.17, 15) is 0 Å². The van der Waals surface area contributed by atoms with Crippen LogP contribution < -0.4 is 0 Å². The van der Waals surface area contributed by atoms with E-state index >= 15 is 0 Å². The number of benzene rings is 1. The maximum absolute atomic E-state index is 5.55. The Bertz CT molecular complexity index is 515. The topological polar surface area (TPSA) is 16.4 Å². The van der Waals surface area contributed by atoms with E-state index < -0.39 is 0 Å². The summed E-state index contributed by atoms with van der Waals surface area (Å²) in [7, 11) is 0. The first kappa shape index (κ1) is 11.3. The molecule has 92 valence electrons. The van der Waals surface area contributed by atoms with Crippen molar-refractivity contribution in [3.8, 4) is 0 Å². The number of hydrogen-bond donors (Lipinski definition) is 0. The van der Waals surface area contributed by atoms with Crippen molar-refractivity contribution in [1.29, 1.82) is 0 Å². The van der Waals surface area contributed by atoms with Crippen LogP contribution in [0.15, 0.2) is 65.3 Å². The molecule has 2 heteroatoms. The lowest BCUT2D eigenvalue weighted by Crippen LogP contribution is -2.22. The average molecular weight is 239 g/mol. The van der Waals surface area contributed by atoms with Gasteiger partial charge in [-0.25, -0.2) is 0 Å². The summed E-state index contributed by atoms with van der Waals surface area (Å²) in [5.41, 5.74) is 2.62. The van der Waals surface area contributed by atoms with Gasteiger partial charge in [0.15, 0.2) is 0 Å². The van der Waals surface area contributed by atoms with Crippen LogP contribution in [0, 0.1) is 0 Å². The van der Waals surface area contributed by atoms with E-state index in [1.807, 2.05) is 6.07 Å². The summed E-state index contributed by atoms with van der Waals surface area (Å²) in [6, 6.07) is 14.9. The van der Waals surface area contributed by atoms with Crippen LogP contribution in [0.2, 0.25) is 0 Å². The Labute approximate surface area is 108 Å². The minimum atomic E-state index is 0.340. The van der Waals surface area contributed by atoms with E-state index in [1.165, 1.54) is 11.1 Å². The highest BCUT2D eigenvalue weighted by Gasteiger charge is 2.29. The highest BCUT2D eigenvalue weighted by atomic mass is 16.3. The smallest absolute Gasteiger partial charge is 0.121 e. The molecule has 0 aliphatic carbocycles. The van der Waals surface area contributed by atoms with Gasteiger partial charge in [0.1, 0.15) is 5.76 Å². The van der Waals surface area contributed by atoms with Gasteiger partial charge in [-0.1, -0.05) is 42.5 Å². The predicted octanol–water partition coefficient (Wildman–Crippen LogP) is 3.78. The molecule has 1 aliphatic rings. The number of nitrogens with zero attached hydrogens (tertiary/aromatic N) is 1. The molecule has 2 heterocycles. The monoisotopic (exact) mass is 239 g/mol. The van der Waals surface area contributed by atoms with Crippen LogP contribution in [0.4, 0.5) is 0 Å². The second kappa shape index (κ2) is 4.83. The van der Waals surface area contributed by atoms with Crippen LogP contribution in [0.3, 0.4) is 0 Å². The fraction of sp³-hybridized carbons (Fsp3) is 0.250. The van der Waals surface area contributed by atoms with Crippen LogP contribution in [0.25, 0.3) is 0 Å². The molecule has 0 N–H and O–H groups in total. The zero-order valence-corrected chi connectivity index (χ0v) is 10.4. The summed E-state index contributed by atoms with van der Waals surface area (Å²) < 4.78 is 5.55. The van der Waals surface area contributed by atoms with Gasteiger partial charge in [0, 0.05) is 13.1 Å². The lowest BCUT2D eigenvalue weighted by molar-refractivity contribution is 0.222. The SMILES string of the molecule is C=C1CC(c2ccco2)N(Cc2ccccc2)C1. The maximum atomic E-state index is 5.55. The first-order chi connectivity index (χ1) is 8.83. The third kappa shape index (κ3) is 2.24. The Balaban J connectivity index is 1.80. The third-order valence-corrected chi connectivity index (χ3v) is 3.45. The fourth-order valence-corrected chi connectivity index (χ4v) is 2.61. The standard InChI is InChI=1S/C16H17NO/c1-13-10-15(16-8-5-9-18-16)17(11-13)12-14-6-3-2-4-7-14/h2-9,15H,1,10-12H2. The molecule has 2 aromatic rings. The Morgan fingerprint density at radius 2 is 2.00 bits per heavy atom. The van der Waals surface area contributed by atoms with Crippen LogP contribution in [0.5, 0.6) is 0 Å². The highest BCUT2D eigenvalue weighted by molar-refractivity contribution is 5.20. The van der Waals surface area contributed by atoms with Crippen LogP contribution in [-0.4, -0.2) is 11.4 Å². The van der Waals surface area contributed by atoms with Crippen molar-refractivity contribution in [3.05, 3.63) is 72.2 Å². The van der Waals surface area contributed by atoms with Gasteiger partial charge in [-0.2, -0.15) is 0 Å². The molecule has 18 heavy (non-hydrogen) atoms. The zero-order chi connectivity index (χ0) is 12.4. The molecule has 1 aromatic carbocycles. The molecule has 1 aliphatic heterocycles. The Kier molecular flexibility index (Phi) is 3.03. The van der Waals surface area contributed by atoms with E-state index in [4.69, 9.17) is 4.42 Å². The second-order valence-corrected chi connectivity index (χ2v) is 4.88. The summed E-state index contributed by atoms with van der Waals surface area (Å²) in [6.07, 6.45) is 2.75. The van der Waals surface area contributed by atoms with Crippen molar-refractivity contribution >= 4 is 0 Å². The normalized spacial score (nSPS) is 20.4. The minimum absolute atomic E-state index is 0.340. The van der Waals surface area contributed by atoms with Gasteiger partial charge in [-0.05, 0) is 24.1 Å². The molecule has 0 bridgehead atoms. The molecular formula is C16H17NO. The van der Waals surface area contributed by atoms with Crippen molar-refractivity contribution in [2.75, 3.05) is 6.54 Å². The average Bonchev–Trinajstić information content (AvgIpc) is 3.00. The van der Waals surface area contributed by atoms with Crippen LogP contribution >= 0.6 is 0 Å². The molecule has 1 atom stereocenters. The largest absolute Gasteiger partial charge is 0.468 e. The van der Waals surface area contributed by atoms with Gasteiger partial charge in [-0.3, -0.25) is 4.90 Å². The van der Waals surface area contributed by atoms with Crippen LogP contribution in [0.1, 0.15) is 23.8 Å². The minimum Gasteiger partial charge on any atom is -0.468 e. The quantitative estimate of drug-likeness (QED) is 0.758. The number of hydrogen-bond acceptors (Lipinski definition) is 2. The molecular weight excluding hydrogens is 222 g/mol. The van der Waals surface area contributed by atoms with Gasteiger partial charge < -0.3 is 4.42 Å². The molecule has 1 saturated heterocycles. The Morgan fingerprint density at radius 3 is 2.72 bits per heavy atom. The molecule has 1 fully saturated rings. The van der Waals surface area contributed by atoms with E-state index in [1.54, 1.807) is 6.26 Å². The van der Waals surface area contributed by atoms with Gasteiger partial charge in [0.25, 0.3) is 0 Å². The molecule has 3 rings (SSSR count). The molecule has 0 spiro atoms. The molecule has 1 unspecified atom stereocenters. The fourth-order valence-electron chi connectivity index (χ4n) is 2.61. The summed E-state index contributed by atoms with van der Waals surface area (Å²) in [5, 5.41) is 0. The third-order valence-electron chi connectivity index (χ3n) is 3.45. The van der Waals surface area contributed by atoms with E-state index in [0.29, 0.717) is 6.04 Å². The Morgan fingerprint density at radius 1 is 1.17 bits per heavy atom. The maximum Gasteiger partial charge on any atom is 0.121 e. The first-order valence-corrected chi connectivity index (χ1v) is 6.31. The van der Waals surface area contributed by atoms with E-state index in [0.717, 1.165) is 25.3 Å². The van der Waals surface area contributed by atoms with Crippen molar-refractivity contribution in [2.24, 2.45) is 0 Å².